The van der Waals surface area contributed by atoms with Gasteiger partial charge in [-0.1, -0.05) is 19.1 Å². The average molecular weight is 330 g/mol. The molecule has 2 fully saturated rings. The molecule has 132 valence electrons. The molecule has 0 bridgehead atoms. The minimum absolute atomic E-state index is 0.321. The van der Waals surface area contributed by atoms with Crippen molar-refractivity contribution >= 4 is 5.91 Å². The summed E-state index contributed by atoms with van der Waals surface area (Å²) in [5.74, 6) is 1.21. The van der Waals surface area contributed by atoms with Crippen molar-refractivity contribution in [3.63, 3.8) is 0 Å². The van der Waals surface area contributed by atoms with Gasteiger partial charge in [0.25, 0.3) is 0 Å². The highest BCUT2D eigenvalue weighted by atomic mass is 16.5. The Labute approximate surface area is 145 Å². The Balaban J connectivity index is 1.65. The Hall–Kier alpha value is -1.55. The number of benzene rings is 1. The second kappa shape index (κ2) is 8.02. The minimum atomic E-state index is 0.321. The number of hydrogen-bond donors (Lipinski definition) is 0. The fourth-order valence-electron chi connectivity index (χ4n) is 4.24. The Morgan fingerprint density at radius 3 is 2.62 bits per heavy atom. The molecule has 1 aromatic carbocycles. The molecule has 3 rings (SSSR count). The molecule has 4 nitrogen and oxygen atoms in total. The van der Waals surface area contributed by atoms with Gasteiger partial charge in [-0.25, -0.2) is 0 Å². The summed E-state index contributed by atoms with van der Waals surface area (Å²) in [7, 11) is 1.69. The maximum Gasteiger partial charge on any atom is 0.237 e. The minimum Gasteiger partial charge on any atom is -0.497 e. The Morgan fingerprint density at radius 2 is 1.92 bits per heavy atom. The zero-order chi connectivity index (χ0) is 16.9. The van der Waals surface area contributed by atoms with Gasteiger partial charge in [0.15, 0.2) is 0 Å². The summed E-state index contributed by atoms with van der Waals surface area (Å²) < 4.78 is 5.25. The van der Waals surface area contributed by atoms with Crippen LogP contribution in [0.25, 0.3) is 0 Å². The molecule has 1 amide bonds. The third-order valence-corrected chi connectivity index (χ3v) is 5.62. The van der Waals surface area contributed by atoms with Crippen LogP contribution in [0.2, 0.25) is 0 Å². The van der Waals surface area contributed by atoms with Crippen LogP contribution < -0.4 is 4.74 Å². The van der Waals surface area contributed by atoms with Gasteiger partial charge in [0.2, 0.25) is 5.91 Å². The van der Waals surface area contributed by atoms with Crippen LogP contribution in [0.3, 0.4) is 0 Å². The van der Waals surface area contributed by atoms with Crippen molar-refractivity contribution in [2.45, 2.75) is 57.5 Å². The largest absolute Gasteiger partial charge is 0.497 e. The Kier molecular flexibility index (Phi) is 5.77. The van der Waals surface area contributed by atoms with E-state index in [0.29, 0.717) is 24.5 Å². The lowest BCUT2D eigenvalue weighted by Crippen LogP contribution is -2.47. The first-order valence-corrected chi connectivity index (χ1v) is 9.40. The lowest BCUT2D eigenvalue weighted by molar-refractivity contribution is -0.136. The van der Waals surface area contributed by atoms with Gasteiger partial charge in [-0.2, -0.15) is 0 Å². The van der Waals surface area contributed by atoms with Gasteiger partial charge < -0.3 is 9.64 Å². The summed E-state index contributed by atoms with van der Waals surface area (Å²) in [4.78, 5) is 17.4. The summed E-state index contributed by atoms with van der Waals surface area (Å²) in [5.41, 5.74) is 1.30. The van der Waals surface area contributed by atoms with E-state index in [1.165, 1.54) is 24.8 Å². The smallest absolute Gasteiger partial charge is 0.237 e. The van der Waals surface area contributed by atoms with Crippen LogP contribution in [0, 0.1) is 0 Å². The quantitative estimate of drug-likeness (QED) is 0.826. The van der Waals surface area contributed by atoms with Crippen LogP contribution >= 0.6 is 0 Å². The van der Waals surface area contributed by atoms with Gasteiger partial charge in [-0.05, 0) is 62.8 Å². The van der Waals surface area contributed by atoms with E-state index in [-0.39, 0.29) is 0 Å². The summed E-state index contributed by atoms with van der Waals surface area (Å²) in [6, 6.07) is 9.14. The first kappa shape index (κ1) is 17.3. The molecule has 1 aromatic rings. The molecule has 0 spiro atoms. The van der Waals surface area contributed by atoms with Crippen molar-refractivity contribution in [1.29, 1.82) is 0 Å². The second-order valence-electron chi connectivity index (χ2n) is 7.05. The number of hydrogen-bond acceptors (Lipinski definition) is 3. The second-order valence-corrected chi connectivity index (χ2v) is 7.05. The van der Waals surface area contributed by atoms with E-state index in [9.17, 15) is 4.79 Å². The molecule has 4 heteroatoms. The number of likely N-dealkylation sites (tertiary alicyclic amines) is 2. The van der Waals surface area contributed by atoms with E-state index in [2.05, 4.69) is 28.9 Å². The number of piperidine rings is 1. The molecule has 2 aliphatic heterocycles. The highest BCUT2D eigenvalue weighted by Gasteiger charge is 2.31. The molecule has 2 aliphatic rings. The predicted molar refractivity (Wildman–Crippen MR) is 96.2 cm³/mol. The molecule has 0 radical (unpaired) electrons. The zero-order valence-electron chi connectivity index (χ0n) is 15.0. The standard InChI is InChI=1S/C20H30N2O2/c1-3-17-7-4-5-14-22(17)20(23)15-21-13-6-8-19(21)16-9-11-18(24-2)12-10-16/h9-12,17,19H,3-8,13-15H2,1-2H3/t17-,19-/m1/s1. The molecule has 2 heterocycles. The summed E-state index contributed by atoms with van der Waals surface area (Å²) in [6.45, 7) is 4.73. The lowest BCUT2D eigenvalue weighted by atomic mass is 10.00. The molecule has 2 saturated heterocycles. The van der Waals surface area contributed by atoms with Gasteiger partial charge in [0, 0.05) is 18.6 Å². The molecule has 24 heavy (non-hydrogen) atoms. The number of carbonyl (C=O) groups excluding carboxylic acids is 1. The molecule has 0 N–H and O–H groups in total. The number of ether oxygens (including phenoxy) is 1. The van der Waals surface area contributed by atoms with Crippen LogP contribution in [-0.4, -0.2) is 48.5 Å². The highest BCUT2D eigenvalue weighted by Crippen LogP contribution is 2.33. The Bertz CT molecular complexity index is 543. The molecule has 0 unspecified atom stereocenters. The van der Waals surface area contributed by atoms with Crippen molar-refractivity contribution in [2.24, 2.45) is 0 Å². The van der Waals surface area contributed by atoms with Crippen molar-refractivity contribution in [3.05, 3.63) is 29.8 Å². The third-order valence-electron chi connectivity index (χ3n) is 5.62. The lowest BCUT2D eigenvalue weighted by Gasteiger charge is -2.37. The Morgan fingerprint density at radius 1 is 1.12 bits per heavy atom. The van der Waals surface area contributed by atoms with Gasteiger partial charge in [0.05, 0.1) is 13.7 Å². The van der Waals surface area contributed by atoms with Crippen LogP contribution in [0.4, 0.5) is 0 Å². The van der Waals surface area contributed by atoms with Crippen LogP contribution in [-0.2, 0) is 4.79 Å². The van der Waals surface area contributed by atoms with Gasteiger partial charge >= 0.3 is 0 Å². The number of carbonyl (C=O) groups is 1. The molecule has 2 atom stereocenters. The van der Waals surface area contributed by atoms with E-state index >= 15 is 0 Å². The van der Waals surface area contributed by atoms with Gasteiger partial charge in [-0.15, -0.1) is 0 Å². The van der Waals surface area contributed by atoms with Crippen molar-refractivity contribution in [1.82, 2.24) is 9.80 Å². The average Bonchev–Trinajstić information content (AvgIpc) is 3.09. The normalized spacial score (nSPS) is 25.0. The van der Waals surface area contributed by atoms with Crippen LogP contribution in [0.1, 0.15) is 57.1 Å². The number of nitrogens with zero attached hydrogens (tertiary/aromatic N) is 2. The summed E-state index contributed by atoms with van der Waals surface area (Å²) >= 11 is 0. The van der Waals surface area contributed by atoms with E-state index in [1.807, 2.05) is 12.1 Å². The van der Waals surface area contributed by atoms with Crippen LogP contribution in [0.15, 0.2) is 24.3 Å². The topological polar surface area (TPSA) is 32.8 Å². The van der Waals surface area contributed by atoms with Crippen LogP contribution in [0.5, 0.6) is 5.75 Å². The molecule has 0 saturated carbocycles. The third kappa shape index (κ3) is 3.75. The van der Waals surface area contributed by atoms with E-state index in [1.54, 1.807) is 7.11 Å². The first-order valence-electron chi connectivity index (χ1n) is 9.40. The maximum atomic E-state index is 12.9. The monoisotopic (exact) mass is 330 g/mol. The van der Waals surface area contributed by atoms with E-state index < -0.39 is 0 Å². The first-order chi connectivity index (χ1) is 11.7. The molecule has 0 aromatic heterocycles. The summed E-state index contributed by atoms with van der Waals surface area (Å²) in [6.07, 6.45) is 6.97. The highest BCUT2D eigenvalue weighted by molar-refractivity contribution is 5.78. The SMILES string of the molecule is CC[C@@H]1CCCCN1C(=O)CN1CCC[C@@H]1c1ccc(OC)cc1. The number of amides is 1. The van der Waals surface area contributed by atoms with Crippen molar-refractivity contribution in [2.75, 3.05) is 26.7 Å². The fourth-order valence-corrected chi connectivity index (χ4v) is 4.24. The molecular weight excluding hydrogens is 300 g/mol. The number of rotatable bonds is 5. The maximum absolute atomic E-state index is 12.9. The van der Waals surface area contributed by atoms with Gasteiger partial charge in [0.1, 0.15) is 5.75 Å². The zero-order valence-corrected chi connectivity index (χ0v) is 15.0. The van der Waals surface area contributed by atoms with E-state index in [4.69, 9.17) is 4.74 Å². The van der Waals surface area contributed by atoms with Crippen molar-refractivity contribution < 1.29 is 9.53 Å². The summed E-state index contributed by atoms with van der Waals surface area (Å²) in [5, 5.41) is 0. The van der Waals surface area contributed by atoms with Gasteiger partial charge in [-0.3, -0.25) is 9.69 Å². The molecule has 0 aliphatic carbocycles. The van der Waals surface area contributed by atoms with Crippen molar-refractivity contribution in [3.8, 4) is 5.75 Å². The molecular formula is C20H30N2O2. The predicted octanol–water partition coefficient (Wildman–Crippen LogP) is 3.62. The van der Waals surface area contributed by atoms with E-state index in [0.717, 1.165) is 38.1 Å². The fraction of sp³-hybridized carbons (Fsp3) is 0.650. The number of methoxy groups -OCH3 is 1.